The number of methoxy groups -OCH3 is 1. The van der Waals surface area contributed by atoms with Crippen LogP contribution in [0.25, 0.3) is 0 Å². The normalized spacial score (nSPS) is 11.7. The van der Waals surface area contributed by atoms with E-state index in [1.807, 2.05) is 31.2 Å². The third-order valence-electron chi connectivity index (χ3n) is 2.18. The molecular formula is C11H16N2OS. The third kappa shape index (κ3) is 3.09. The molecular weight excluding hydrogens is 208 g/mol. The number of hydrogen-bond acceptors (Lipinski definition) is 2. The maximum atomic E-state index is 5.28. The minimum atomic E-state index is 0.126. The SMILES string of the molecule is CNC(=S)N[C@@H](C)c1ccccc1OC. The third-order valence-corrected chi connectivity index (χ3v) is 2.50. The summed E-state index contributed by atoms with van der Waals surface area (Å²) in [6.45, 7) is 2.04. The molecule has 3 nitrogen and oxygen atoms in total. The highest BCUT2D eigenvalue weighted by Gasteiger charge is 2.10. The van der Waals surface area contributed by atoms with Gasteiger partial charge in [-0.25, -0.2) is 0 Å². The molecule has 1 rings (SSSR count). The van der Waals surface area contributed by atoms with Crippen LogP contribution >= 0.6 is 12.2 Å². The quantitative estimate of drug-likeness (QED) is 0.768. The minimum Gasteiger partial charge on any atom is -0.496 e. The largest absolute Gasteiger partial charge is 0.496 e. The van der Waals surface area contributed by atoms with Crippen LogP contribution in [-0.4, -0.2) is 19.3 Å². The molecule has 0 aromatic heterocycles. The van der Waals surface area contributed by atoms with E-state index in [0.29, 0.717) is 5.11 Å². The lowest BCUT2D eigenvalue weighted by molar-refractivity contribution is 0.405. The first-order valence-corrected chi connectivity index (χ1v) is 5.21. The summed E-state index contributed by atoms with van der Waals surface area (Å²) in [7, 11) is 3.46. The van der Waals surface area contributed by atoms with E-state index in [1.54, 1.807) is 14.2 Å². The van der Waals surface area contributed by atoms with Crippen LogP contribution in [0.5, 0.6) is 5.75 Å². The summed E-state index contributed by atoms with van der Waals surface area (Å²) in [6, 6.07) is 8.02. The summed E-state index contributed by atoms with van der Waals surface area (Å²) in [5.74, 6) is 0.872. The van der Waals surface area contributed by atoms with Gasteiger partial charge in [0.2, 0.25) is 0 Å². The summed E-state index contributed by atoms with van der Waals surface area (Å²) in [6.07, 6.45) is 0. The number of hydrogen-bond donors (Lipinski definition) is 2. The Bertz CT molecular complexity index is 341. The Hall–Kier alpha value is -1.29. The van der Waals surface area contributed by atoms with Gasteiger partial charge in [-0.05, 0) is 25.2 Å². The van der Waals surface area contributed by atoms with Crippen molar-refractivity contribution in [2.24, 2.45) is 0 Å². The second-order valence-corrected chi connectivity index (χ2v) is 3.60. The molecule has 0 spiro atoms. The van der Waals surface area contributed by atoms with E-state index in [2.05, 4.69) is 10.6 Å². The molecule has 0 radical (unpaired) electrons. The average Bonchev–Trinajstić information content (AvgIpc) is 2.28. The zero-order valence-corrected chi connectivity index (χ0v) is 10.0. The lowest BCUT2D eigenvalue weighted by Crippen LogP contribution is -2.34. The zero-order chi connectivity index (χ0) is 11.3. The highest BCUT2D eigenvalue weighted by Crippen LogP contribution is 2.23. The lowest BCUT2D eigenvalue weighted by atomic mass is 10.1. The van der Waals surface area contributed by atoms with Crippen molar-refractivity contribution < 1.29 is 4.74 Å². The fourth-order valence-corrected chi connectivity index (χ4v) is 1.55. The van der Waals surface area contributed by atoms with Crippen LogP contribution in [0.3, 0.4) is 0 Å². The molecule has 0 heterocycles. The van der Waals surface area contributed by atoms with Gasteiger partial charge in [-0.15, -0.1) is 0 Å². The Balaban J connectivity index is 2.80. The molecule has 0 aliphatic rings. The van der Waals surface area contributed by atoms with Crippen LogP contribution in [0.1, 0.15) is 18.5 Å². The van der Waals surface area contributed by atoms with Gasteiger partial charge in [0.15, 0.2) is 5.11 Å². The fraction of sp³-hybridized carbons (Fsp3) is 0.364. The van der Waals surface area contributed by atoms with Crippen LogP contribution in [0.2, 0.25) is 0 Å². The van der Waals surface area contributed by atoms with Gasteiger partial charge >= 0.3 is 0 Å². The summed E-state index contributed by atoms with van der Waals surface area (Å²) in [5, 5.41) is 6.68. The summed E-state index contributed by atoms with van der Waals surface area (Å²) >= 11 is 5.05. The predicted octanol–water partition coefficient (Wildman–Crippen LogP) is 1.85. The smallest absolute Gasteiger partial charge is 0.166 e. The Morgan fingerprint density at radius 1 is 1.40 bits per heavy atom. The van der Waals surface area contributed by atoms with Crippen molar-refractivity contribution in [3.05, 3.63) is 29.8 Å². The van der Waals surface area contributed by atoms with Gasteiger partial charge < -0.3 is 15.4 Å². The van der Waals surface area contributed by atoms with Gasteiger partial charge in [0.05, 0.1) is 13.2 Å². The van der Waals surface area contributed by atoms with E-state index in [0.717, 1.165) is 11.3 Å². The second-order valence-electron chi connectivity index (χ2n) is 3.19. The molecule has 0 aliphatic carbocycles. The van der Waals surface area contributed by atoms with E-state index in [1.165, 1.54) is 0 Å². The van der Waals surface area contributed by atoms with Crippen LogP contribution in [0.4, 0.5) is 0 Å². The van der Waals surface area contributed by atoms with E-state index >= 15 is 0 Å². The number of para-hydroxylation sites is 1. The molecule has 0 saturated carbocycles. The molecule has 1 aromatic rings. The molecule has 4 heteroatoms. The molecule has 82 valence electrons. The molecule has 1 atom stereocenters. The molecule has 0 bridgehead atoms. The topological polar surface area (TPSA) is 33.3 Å². The van der Waals surface area contributed by atoms with E-state index in [9.17, 15) is 0 Å². The predicted molar refractivity (Wildman–Crippen MR) is 66.2 cm³/mol. The van der Waals surface area contributed by atoms with Crippen molar-refractivity contribution in [2.75, 3.05) is 14.2 Å². The van der Waals surface area contributed by atoms with Crippen LogP contribution in [-0.2, 0) is 0 Å². The standard InChI is InChI=1S/C11H16N2OS/c1-8(13-11(15)12-2)9-6-4-5-7-10(9)14-3/h4-8H,1-3H3,(H2,12,13,15)/t8-/m0/s1. The molecule has 15 heavy (non-hydrogen) atoms. The molecule has 0 fully saturated rings. The number of nitrogens with one attached hydrogen (secondary N) is 2. The zero-order valence-electron chi connectivity index (χ0n) is 9.20. The first kappa shape index (κ1) is 11.8. The van der Waals surface area contributed by atoms with Crippen molar-refractivity contribution in [2.45, 2.75) is 13.0 Å². The van der Waals surface area contributed by atoms with Crippen molar-refractivity contribution in [3.8, 4) is 5.75 Å². The molecule has 2 N–H and O–H groups in total. The van der Waals surface area contributed by atoms with Crippen molar-refractivity contribution in [1.82, 2.24) is 10.6 Å². The van der Waals surface area contributed by atoms with Gasteiger partial charge in [0.25, 0.3) is 0 Å². The number of ether oxygens (including phenoxy) is 1. The number of thiocarbonyl (C=S) groups is 1. The first-order chi connectivity index (χ1) is 7.19. The highest BCUT2D eigenvalue weighted by molar-refractivity contribution is 7.80. The van der Waals surface area contributed by atoms with Gasteiger partial charge in [-0.3, -0.25) is 0 Å². The van der Waals surface area contributed by atoms with Crippen LogP contribution in [0, 0.1) is 0 Å². The van der Waals surface area contributed by atoms with Gasteiger partial charge in [0.1, 0.15) is 5.75 Å². The molecule has 0 saturated heterocycles. The Morgan fingerprint density at radius 2 is 2.07 bits per heavy atom. The Morgan fingerprint density at radius 3 is 2.67 bits per heavy atom. The maximum absolute atomic E-state index is 5.28. The maximum Gasteiger partial charge on any atom is 0.166 e. The Labute approximate surface area is 95.8 Å². The first-order valence-electron chi connectivity index (χ1n) is 4.80. The fourth-order valence-electron chi connectivity index (χ4n) is 1.37. The Kier molecular flexibility index (Phi) is 4.37. The van der Waals surface area contributed by atoms with Crippen LogP contribution < -0.4 is 15.4 Å². The van der Waals surface area contributed by atoms with Gasteiger partial charge in [-0.2, -0.15) is 0 Å². The van der Waals surface area contributed by atoms with Crippen molar-refractivity contribution >= 4 is 17.3 Å². The molecule has 0 aliphatic heterocycles. The average molecular weight is 224 g/mol. The molecule has 1 aromatic carbocycles. The highest BCUT2D eigenvalue weighted by atomic mass is 32.1. The summed E-state index contributed by atoms with van der Waals surface area (Å²) in [4.78, 5) is 0. The lowest BCUT2D eigenvalue weighted by Gasteiger charge is -2.18. The minimum absolute atomic E-state index is 0.126. The second kappa shape index (κ2) is 5.56. The number of benzene rings is 1. The van der Waals surface area contributed by atoms with Crippen molar-refractivity contribution in [3.63, 3.8) is 0 Å². The summed E-state index contributed by atoms with van der Waals surface area (Å²) < 4.78 is 5.28. The molecule has 0 amide bonds. The summed E-state index contributed by atoms with van der Waals surface area (Å²) in [5.41, 5.74) is 1.10. The number of rotatable bonds is 3. The van der Waals surface area contributed by atoms with E-state index in [-0.39, 0.29) is 6.04 Å². The van der Waals surface area contributed by atoms with Gasteiger partial charge in [0, 0.05) is 12.6 Å². The monoisotopic (exact) mass is 224 g/mol. The van der Waals surface area contributed by atoms with E-state index < -0.39 is 0 Å². The van der Waals surface area contributed by atoms with Crippen molar-refractivity contribution in [1.29, 1.82) is 0 Å². The molecule has 0 unspecified atom stereocenters. The van der Waals surface area contributed by atoms with Gasteiger partial charge in [-0.1, -0.05) is 18.2 Å². The van der Waals surface area contributed by atoms with E-state index in [4.69, 9.17) is 17.0 Å². The van der Waals surface area contributed by atoms with Crippen LogP contribution in [0.15, 0.2) is 24.3 Å².